The zero-order valence-electron chi connectivity index (χ0n) is 14.6. The lowest BCUT2D eigenvalue weighted by Crippen LogP contribution is -2.26. The molecule has 0 atom stereocenters. The molecule has 3 aromatic rings. The Kier molecular flexibility index (Phi) is 4.96. The van der Waals surface area contributed by atoms with E-state index in [1.54, 1.807) is 14.2 Å². The van der Waals surface area contributed by atoms with Crippen LogP contribution in [-0.2, 0) is 4.57 Å². The van der Waals surface area contributed by atoms with Crippen molar-refractivity contribution in [2.75, 3.05) is 14.2 Å². The van der Waals surface area contributed by atoms with E-state index in [1.165, 1.54) is 0 Å². The minimum absolute atomic E-state index is 0.606. The molecule has 0 aliphatic rings. The molecule has 4 heteroatoms. The molecule has 0 radical (unpaired) electrons. The highest BCUT2D eigenvalue weighted by Gasteiger charge is 2.33. The fourth-order valence-corrected chi connectivity index (χ4v) is 5.79. The smallest absolute Gasteiger partial charge is 0.174 e. The van der Waals surface area contributed by atoms with Crippen LogP contribution in [0.3, 0.4) is 0 Å². The van der Waals surface area contributed by atoms with E-state index in [-0.39, 0.29) is 0 Å². The molecule has 0 bridgehead atoms. The molecule has 3 rings (SSSR count). The average molecular weight is 352 g/mol. The van der Waals surface area contributed by atoms with Crippen LogP contribution in [-0.4, -0.2) is 14.2 Å². The highest BCUT2D eigenvalue weighted by molar-refractivity contribution is 7.85. The molecule has 3 nitrogen and oxygen atoms in total. The Bertz CT molecular complexity index is 862. The quantitative estimate of drug-likeness (QED) is 0.658. The Morgan fingerprint density at radius 3 is 1.64 bits per heavy atom. The molecule has 0 spiro atoms. The van der Waals surface area contributed by atoms with Crippen molar-refractivity contribution in [1.82, 2.24) is 0 Å². The number of hydrogen-bond donors (Lipinski definition) is 0. The Morgan fingerprint density at radius 2 is 1.20 bits per heavy atom. The van der Waals surface area contributed by atoms with Crippen LogP contribution < -0.4 is 25.4 Å². The minimum atomic E-state index is -3.10. The van der Waals surface area contributed by atoms with Crippen molar-refractivity contribution < 1.29 is 14.0 Å². The summed E-state index contributed by atoms with van der Waals surface area (Å²) in [6.45, 7) is 1.95. The van der Waals surface area contributed by atoms with E-state index in [1.807, 2.05) is 79.7 Å². The monoisotopic (exact) mass is 352 g/mol. The summed E-state index contributed by atoms with van der Waals surface area (Å²) in [6.07, 6.45) is 0. The van der Waals surface area contributed by atoms with Gasteiger partial charge in [0.15, 0.2) is 7.14 Å². The van der Waals surface area contributed by atoms with Crippen molar-refractivity contribution in [1.29, 1.82) is 0 Å². The summed E-state index contributed by atoms with van der Waals surface area (Å²) in [4.78, 5) is 0. The molecule has 0 saturated heterocycles. The summed E-state index contributed by atoms with van der Waals surface area (Å²) < 4.78 is 25.5. The molecule has 0 aliphatic heterocycles. The van der Waals surface area contributed by atoms with Crippen LogP contribution in [0.5, 0.6) is 11.5 Å². The van der Waals surface area contributed by atoms with E-state index < -0.39 is 7.14 Å². The van der Waals surface area contributed by atoms with E-state index in [4.69, 9.17) is 9.47 Å². The fourth-order valence-electron chi connectivity index (χ4n) is 2.98. The van der Waals surface area contributed by atoms with Crippen LogP contribution >= 0.6 is 7.14 Å². The maximum Gasteiger partial charge on any atom is 0.174 e. The van der Waals surface area contributed by atoms with Gasteiger partial charge in [-0.25, -0.2) is 0 Å². The van der Waals surface area contributed by atoms with Gasteiger partial charge >= 0.3 is 0 Å². The third-order valence-corrected chi connectivity index (χ3v) is 7.35. The van der Waals surface area contributed by atoms with Gasteiger partial charge in [0.05, 0.1) is 19.5 Å². The first-order valence-electron chi connectivity index (χ1n) is 8.05. The van der Waals surface area contributed by atoms with Crippen LogP contribution in [0.25, 0.3) is 0 Å². The molecule has 128 valence electrons. The second kappa shape index (κ2) is 7.16. The van der Waals surface area contributed by atoms with Crippen LogP contribution in [0.4, 0.5) is 0 Å². The highest BCUT2D eigenvalue weighted by Crippen LogP contribution is 2.46. The van der Waals surface area contributed by atoms with Gasteiger partial charge in [-0.2, -0.15) is 0 Å². The number of aryl methyl sites for hydroxylation is 1. The van der Waals surface area contributed by atoms with Gasteiger partial charge in [0, 0.05) is 10.6 Å². The number of rotatable bonds is 5. The molecule has 3 aromatic carbocycles. The van der Waals surface area contributed by atoms with Gasteiger partial charge in [-0.1, -0.05) is 60.7 Å². The predicted molar refractivity (Wildman–Crippen MR) is 104 cm³/mol. The first-order chi connectivity index (χ1) is 12.1. The number of hydrogen-bond acceptors (Lipinski definition) is 3. The van der Waals surface area contributed by atoms with E-state index in [0.29, 0.717) is 16.8 Å². The normalized spacial score (nSPS) is 11.2. The highest BCUT2D eigenvalue weighted by atomic mass is 31.2. The lowest BCUT2D eigenvalue weighted by molar-refractivity contribution is 0.403. The largest absolute Gasteiger partial charge is 0.496 e. The van der Waals surface area contributed by atoms with Crippen molar-refractivity contribution in [2.45, 2.75) is 6.92 Å². The van der Waals surface area contributed by atoms with Crippen molar-refractivity contribution in [3.8, 4) is 11.5 Å². The maximum atomic E-state index is 14.4. The molecule has 0 amide bonds. The van der Waals surface area contributed by atoms with Crippen LogP contribution in [0.15, 0.2) is 72.8 Å². The first kappa shape index (κ1) is 17.3. The summed E-state index contributed by atoms with van der Waals surface area (Å²) in [5.74, 6) is 1.30. The summed E-state index contributed by atoms with van der Waals surface area (Å²) in [5.41, 5.74) is 0.941. The molecule has 0 saturated carbocycles. The zero-order valence-corrected chi connectivity index (χ0v) is 15.5. The van der Waals surface area contributed by atoms with Gasteiger partial charge in [-0.3, -0.25) is 0 Å². The average Bonchev–Trinajstić information content (AvgIpc) is 2.68. The standard InChI is InChI=1S/C21H21O3P/c1-16-14-20(24-3)21(15-19(16)23-2)25(22,17-10-6-4-7-11-17)18-12-8-5-9-13-18/h4-15H,1-3H3. The van der Waals surface area contributed by atoms with Crippen LogP contribution in [0.2, 0.25) is 0 Å². The Morgan fingerprint density at radius 1 is 0.720 bits per heavy atom. The Hall–Kier alpha value is -2.51. The van der Waals surface area contributed by atoms with E-state index in [2.05, 4.69) is 0 Å². The van der Waals surface area contributed by atoms with Crippen molar-refractivity contribution >= 4 is 23.1 Å². The predicted octanol–water partition coefficient (Wildman–Crippen LogP) is 3.65. The van der Waals surface area contributed by atoms with Gasteiger partial charge in [0.2, 0.25) is 0 Å². The van der Waals surface area contributed by atoms with E-state index >= 15 is 0 Å². The van der Waals surface area contributed by atoms with Crippen molar-refractivity contribution in [3.63, 3.8) is 0 Å². The molecular weight excluding hydrogens is 331 g/mol. The molecule has 0 fully saturated rings. The van der Waals surface area contributed by atoms with Crippen molar-refractivity contribution in [3.05, 3.63) is 78.4 Å². The lowest BCUT2D eigenvalue weighted by Gasteiger charge is -2.23. The zero-order chi connectivity index (χ0) is 17.9. The second-order valence-corrected chi connectivity index (χ2v) is 8.51. The van der Waals surface area contributed by atoms with Crippen LogP contribution in [0.1, 0.15) is 5.56 Å². The van der Waals surface area contributed by atoms with Crippen LogP contribution in [0, 0.1) is 6.92 Å². The van der Waals surface area contributed by atoms with Gasteiger partial charge in [-0.15, -0.1) is 0 Å². The van der Waals surface area contributed by atoms with Gasteiger partial charge < -0.3 is 14.0 Å². The fraction of sp³-hybridized carbons (Fsp3) is 0.143. The number of benzene rings is 3. The molecule has 0 aliphatic carbocycles. The molecule has 0 N–H and O–H groups in total. The maximum absolute atomic E-state index is 14.4. The van der Waals surface area contributed by atoms with Gasteiger partial charge in [-0.05, 0) is 24.6 Å². The summed E-state index contributed by atoms with van der Waals surface area (Å²) in [5, 5.41) is 2.19. The summed E-state index contributed by atoms with van der Waals surface area (Å²) in [7, 11) is 0.126. The molecule has 0 heterocycles. The topological polar surface area (TPSA) is 35.5 Å². The van der Waals surface area contributed by atoms with Gasteiger partial charge in [0.1, 0.15) is 11.5 Å². The molecular formula is C21H21O3P. The Labute approximate surface area is 148 Å². The summed E-state index contributed by atoms with van der Waals surface area (Å²) >= 11 is 0. The van der Waals surface area contributed by atoms with Gasteiger partial charge in [0.25, 0.3) is 0 Å². The molecule has 25 heavy (non-hydrogen) atoms. The van der Waals surface area contributed by atoms with E-state index in [0.717, 1.165) is 16.2 Å². The van der Waals surface area contributed by atoms with E-state index in [9.17, 15) is 4.57 Å². The van der Waals surface area contributed by atoms with Crippen molar-refractivity contribution in [2.24, 2.45) is 0 Å². The lowest BCUT2D eigenvalue weighted by atomic mass is 10.2. The first-order valence-corrected chi connectivity index (χ1v) is 9.76. The summed E-state index contributed by atoms with van der Waals surface area (Å²) in [6, 6.07) is 22.8. The Balaban J connectivity index is 2.36. The third kappa shape index (κ3) is 3.08. The minimum Gasteiger partial charge on any atom is -0.496 e. The SMILES string of the molecule is COc1cc(P(=O)(c2ccccc2)c2ccccc2)c(OC)cc1C. The molecule has 0 unspecified atom stereocenters. The number of methoxy groups -OCH3 is 2. The third-order valence-electron chi connectivity index (χ3n) is 4.28. The molecule has 0 aromatic heterocycles. The second-order valence-electron chi connectivity index (χ2n) is 5.77. The number of ether oxygens (including phenoxy) is 2.